The number of hydrogen-bond acceptors (Lipinski definition) is 6. The predicted octanol–water partition coefficient (Wildman–Crippen LogP) is 1.36. The third-order valence-corrected chi connectivity index (χ3v) is 2.15. The fourth-order valence-electron chi connectivity index (χ4n) is 1.11. The first-order chi connectivity index (χ1) is 8.60. The summed E-state index contributed by atoms with van der Waals surface area (Å²) in [6, 6.07) is 0. The van der Waals surface area contributed by atoms with Crippen molar-refractivity contribution in [1.82, 2.24) is 5.06 Å². The number of ether oxygens (including phenoxy) is 2. The smallest absolute Gasteiger partial charge is 0.322 e. The summed E-state index contributed by atoms with van der Waals surface area (Å²) < 4.78 is 9.68. The van der Waals surface area contributed by atoms with Gasteiger partial charge in [-0.3, -0.25) is 9.59 Å². The third-order valence-electron chi connectivity index (χ3n) is 2.15. The molecular formula is C12H23NO5. The van der Waals surface area contributed by atoms with Gasteiger partial charge >= 0.3 is 11.9 Å². The van der Waals surface area contributed by atoms with E-state index in [1.165, 1.54) is 0 Å². The Labute approximate surface area is 108 Å². The molecule has 106 valence electrons. The number of rotatable bonds is 10. The number of unbranched alkanes of at least 4 members (excludes halogenated alkanes) is 2. The Hall–Kier alpha value is -1.14. The van der Waals surface area contributed by atoms with Crippen LogP contribution in [0.25, 0.3) is 0 Å². The van der Waals surface area contributed by atoms with E-state index in [1.807, 2.05) is 13.8 Å². The molecule has 0 spiro atoms. The minimum atomic E-state index is -0.549. The van der Waals surface area contributed by atoms with E-state index in [1.54, 1.807) is 0 Å². The third kappa shape index (κ3) is 10.0. The lowest BCUT2D eigenvalue weighted by Crippen LogP contribution is -2.33. The van der Waals surface area contributed by atoms with E-state index < -0.39 is 11.9 Å². The number of hydrogen-bond donors (Lipinski definition) is 1. The summed E-state index contributed by atoms with van der Waals surface area (Å²) in [7, 11) is 0. The van der Waals surface area contributed by atoms with Gasteiger partial charge in [-0.2, -0.15) is 5.06 Å². The molecule has 0 heterocycles. The topological polar surface area (TPSA) is 76.1 Å². The second-order valence-corrected chi connectivity index (χ2v) is 3.97. The molecule has 0 amide bonds. The summed E-state index contributed by atoms with van der Waals surface area (Å²) in [5, 5.41) is 9.93. The second-order valence-electron chi connectivity index (χ2n) is 3.97. The molecule has 6 heteroatoms. The minimum Gasteiger partial charge on any atom is -0.465 e. The van der Waals surface area contributed by atoms with Gasteiger partial charge in [0.25, 0.3) is 0 Å². The molecule has 0 aromatic rings. The van der Waals surface area contributed by atoms with Crippen LogP contribution in [0.3, 0.4) is 0 Å². The zero-order valence-electron chi connectivity index (χ0n) is 11.2. The molecule has 0 atom stereocenters. The van der Waals surface area contributed by atoms with Gasteiger partial charge in [-0.25, -0.2) is 0 Å². The van der Waals surface area contributed by atoms with Gasteiger partial charge in [-0.05, 0) is 12.8 Å². The van der Waals surface area contributed by atoms with Crippen LogP contribution in [0.1, 0.15) is 39.5 Å². The van der Waals surface area contributed by atoms with Gasteiger partial charge in [0, 0.05) is 0 Å². The van der Waals surface area contributed by atoms with Gasteiger partial charge in [0.15, 0.2) is 0 Å². The fraction of sp³-hybridized carbons (Fsp3) is 0.833. The number of carbonyl (C=O) groups excluding carboxylic acids is 2. The van der Waals surface area contributed by atoms with Gasteiger partial charge in [0.05, 0.1) is 13.2 Å². The lowest BCUT2D eigenvalue weighted by atomic mass is 10.4. The molecule has 0 fully saturated rings. The van der Waals surface area contributed by atoms with Crippen molar-refractivity contribution < 1.29 is 24.3 Å². The van der Waals surface area contributed by atoms with Crippen molar-refractivity contribution in [3.8, 4) is 0 Å². The molecule has 0 aromatic heterocycles. The molecule has 1 N–H and O–H groups in total. The Morgan fingerprint density at radius 1 is 0.944 bits per heavy atom. The standard InChI is InChI=1S/C12H23NO5/c1-3-5-7-17-11(14)9-13(16)10-12(15)18-8-6-4-2/h16H,3-10H2,1-2H3. The van der Waals surface area contributed by atoms with Crippen molar-refractivity contribution in [3.05, 3.63) is 0 Å². The normalized spacial score (nSPS) is 10.4. The summed E-state index contributed by atoms with van der Waals surface area (Å²) in [5.41, 5.74) is 0. The maximum absolute atomic E-state index is 11.2. The highest BCUT2D eigenvalue weighted by Gasteiger charge is 2.13. The molecular weight excluding hydrogens is 238 g/mol. The summed E-state index contributed by atoms with van der Waals surface area (Å²) in [6.07, 6.45) is 3.44. The van der Waals surface area contributed by atoms with Crippen molar-refractivity contribution in [3.63, 3.8) is 0 Å². The number of nitrogens with zero attached hydrogens (tertiary/aromatic N) is 1. The average molecular weight is 261 g/mol. The van der Waals surface area contributed by atoms with E-state index in [0.717, 1.165) is 25.7 Å². The summed E-state index contributed by atoms with van der Waals surface area (Å²) >= 11 is 0. The molecule has 0 saturated heterocycles. The van der Waals surface area contributed by atoms with Crippen LogP contribution in [0.2, 0.25) is 0 Å². The van der Waals surface area contributed by atoms with Crippen LogP contribution < -0.4 is 0 Å². The van der Waals surface area contributed by atoms with Gasteiger partial charge < -0.3 is 14.7 Å². The van der Waals surface area contributed by atoms with E-state index in [9.17, 15) is 14.8 Å². The van der Waals surface area contributed by atoms with Crippen LogP contribution in [0, 0.1) is 0 Å². The Morgan fingerprint density at radius 2 is 1.33 bits per heavy atom. The Balaban J connectivity index is 3.64. The maximum Gasteiger partial charge on any atom is 0.322 e. The number of carbonyl (C=O) groups is 2. The molecule has 0 unspecified atom stereocenters. The van der Waals surface area contributed by atoms with Crippen LogP contribution in [-0.2, 0) is 19.1 Å². The first kappa shape index (κ1) is 16.9. The molecule has 0 rings (SSSR count). The van der Waals surface area contributed by atoms with Crippen LogP contribution in [0.4, 0.5) is 0 Å². The SMILES string of the molecule is CCCCOC(=O)CN(O)CC(=O)OCCCC. The van der Waals surface area contributed by atoms with Gasteiger partial charge in [-0.15, -0.1) is 0 Å². The lowest BCUT2D eigenvalue weighted by Gasteiger charge is -2.13. The largest absolute Gasteiger partial charge is 0.465 e. The summed E-state index contributed by atoms with van der Waals surface area (Å²) in [5.74, 6) is -1.10. The van der Waals surface area contributed by atoms with Gasteiger partial charge in [-0.1, -0.05) is 26.7 Å². The molecule has 6 nitrogen and oxygen atoms in total. The molecule has 0 bridgehead atoms. The molecule has 0 aliphatic heterocycles. The van der Waals surface area contributed by atoms with E-state index in [-0.39, 0.29) is 13.1 Å². The molecule has 0 aromatic carbocycles. The van der Waals surface area contributed by atoms with Crippen molar-refractivity contribution in [2.75, 3.05) is 26.3 Å². The first-order valence-corrected chi connectivity index (χ1v) is 6.35. The predicted molar refractivity (Wildman–Crippen MR) is 65.1 cm³/mol. The molecule has 0 aliphatic carbocycles. The fourth-order valence-corrected chi connectivity index (χ4v) is 1.11. The van der Waals surface area contributed by atoms with Crippen molar-refractivity contribution in [2.45, 2.75) is 39.5 Å². The molecule has 0 radical (unpaired) electrons. The molecule has 0 saturated carbocycles. The van der Waals surface area contributed by atoms with Crippen LogP contribution >= 0.6 is 0 Å². The Bertz CT molecular complexity index is 221. The van der Waals surface area contributed by atoms with Gasteiger partial charge in [0.2, 0.25) is 0 Å². The summed E-state index contributed by atoms with van der Waals surface area (Å²) in [6.45, 7) is 3.99. The minimum absolute atomic E-state index is 0.327. The highest BCUT2D eigenvalue weighted by molar-refractivity contribution is 5.74. The quantitative estimate of drug-likeness (QED) is 0.363. The van der Waals surface area contributed by atoms with E-state index in [0.29, 0.717) is 18.3 Å². The van der Waals surface area contributed by atoms with Crippen LogP contribution in [0.5, 0.6) is 0 Å². The van der Waals surface area contributed by atoms with E-state index in [2.05, 4.69) is 0 Å². The summed E-state index contributed by atoms with van der Waals surface area (Å²) in [4.78, 5) is 22.4. The highest BCUT2D eigenvalue weighted by Crippen LogP contribution is 1.93. The Kier molecular flexibility index (Phi) is 10.3. The van der Waals surface area contributed by atoms with Gasteiger partial charge in [0.1, 0.15) is 13.1 Å². The lowest BCUT2D eigenvalue weighted by molar-refractivity contribution is -0.169. The van der Waals surface area contributed by atoms with Crippen LogP contribution in [-0.4, -0.2) is 48.5 Å². The van der Waals surface area contributed by atoms with Crippen molar-refractivity contribution >= 4 is 11.9 Å². The zero-order chi connectivity index (χ0) is 13.8. The monoisotopic (exact) mass is 261 g/mol. The first-order valence-electron chi connectivity index (χ1n) is 6.35. The van der Waals surface area contributed by atoms with E-state index in [4.69, 9.17) is 9.47 Å². The van der Waals surface area contributed by atoms with E-state index >= 15 is 0 Å². The number of esters is 2. The highest BCUT2D eigenvalue weighted by atomic mass is 16.6. The zero-order valence-corrected chi connectivity index (χ0v) is 11.2. The molecule has 18 heavy (non-hydrogen) atoms. The van der Waals surface area contributed by atoms with Crippen LogP contribution in [0.15, 0.2) is 0 Å². The Morgan fingerprint density at radius 3 is 1.67 bits per heavy atom. The average Bonchev–Trinajstić information content (AvgIpc) is 2.29. The maximum atomic E-state index is 11.2. The van der Waals surface area contributed by atoms with Crippen molar-refractivity contribution in [2.24, 2.45) is 0 Å². The van der Waals surface area contributed by atoms with Crippen molar-refractivity contribution in [1.29, 1.82) is 0 Å². The number of hydroxylamine groups is 2. The molecule has 0 aliphatic rings. The second kappa shape index (κ2) is 11.0.